The lowest BCUT2D eigenvalue weighted by molar-refractivity contribution is 0.229. The largest absolute Gasteiger partial charge is 0.326 e. The van der Waals surface area contributed by atoms with E-state index in [1.165, 1.54) is 12.1 Å². The topological polar surface area (TPSA) is 57.7 Å². The fourth-order valence-corrected chi connectivity index (χ4v) is 2.45. The molecule has 5 nitrogen and oxygen atoms in total. The van der Waals surface area contributed by atoms with Crippen LogP contribution in [0.3, 0.4) is 0 Å². The Balaban J connectivity index is 2.28. The lowest BCUT2D eigenvalue weighted by Gasteiger charge is -2.15. The number of rotatable bonds is 2. The monoisotopic (exact) mass is 274 g/mol. The summed E-state index contributed by atoms with van der Waals surface area (Å²) in [6, 6.07) is 5.84. The number of benzene rings is 1. The molecule has 0 saturated carbocycles. The molecule has 92 valence electrons. The molecule has 0 unspecified atom stereocenters. The molecule has 0 spiro atoms. The number of urea groups is 1. The minimum absolute atomic E-state index is 0.0305. The summed E-state index contributed by atoms with van der Waals surface area (Å²) < 4.78 is 22.1. The Bertz CT molecular complexity index is 541. The van der Waals surface area contributed by atoms with Gasteiger partial charge in [0.25, 0.3) is 9.05 Å². The Labute approximate surface area is 104 Å². The SMILES string of the molecule is CN1CCN(c2ccc(S(=O)(=O)Cl)cc2)C1=O. The molecule has 1 aliphatic rings. The first-order valence-corrected chi connectivity index (χ1v) is 7.28. The minimum atomic E-state index is -3.71. The van der Waals surface area contributed by atoms with Crippen LogP contribution in [0.1, 0.15) is 0 Å². The van der Waals surface area contributed by atoms with E-state index in [4.69, 9.17) is 10.7 Å². The van der Waals surface area contributed by atoms with E-state index in [2.05, 4.69) is 0 Å². The normalized spacial score (nSPS) is 16.7. The zero-order valence-electron chi connectivity index (χ0n) is 9.13. The Morgan fingerprint density at radius 3 is 2.18 bits per heavy atom. The Kier molecular flexibility index (Phi) is 3.01. The van der Waals surface area contributed by atoms with Crippen LogP contribution in [0.25, 0.3) is 0 Å². The summed E-state index contributed by atoms with van der Waals surface area (Å²) in [4.78, 5) is 14.9. The number of carbonyl (C=O) groups excluding carboxylic acids is 1. The second kappa shape index (κ2) is 4.19. The van der Waals surface area contributed by atoms with Crippen LogP contribution in [0.5, 0.6) is 0 Å². The van der Waals surface area contributed by atoms with E-state index in [0.29, 0.717) is 18.8 Å². The summed E-state index contributed by atoms with van der Waals surface area (Å²) in [5, 5.41) is 0. The molecule has 0 N–H and O–H groups in total. The molecular weight excluding hydrogens is 264 g/mol. The molecule has 0 aliphatic carbocycles. The van der Waals surface area contributed by atoms with Gasteiger partial charge in [0.15, 0.2) is 0 Å². The van der Waals surface area contributed by atoms with E-state index in [-0.39, 0.29) is 10.9 Å². The highest BCUT2D eigenvalue weighted by molar-refractivity contribution is 8.13. The lowest BCUT2D eigenvalue weighted by atomic mass is 10.3. The van der Waals surface area contributed by atoms with Crippen LogP contribution in [0.4, 0.5) is 10.5 Å². The van der Waals surface area contributed by atoms with E-state index >= 15 is 0 Å². The van der Waals surface area contributed by atoms with E-state index in [9.17, 15) is 13.2 Å². The molecule has 2 rings (SSSR count). The van der Waals surface area contributed by atoms with Crippen molar-refractivity contribution >= 4 is 31.5 Å². The summed E-state index contributed by atoms with van der Waals surface area (Å²) in [6.07, 6.45) is 0. The molecule has 0 aromatic heterocycles. The highest BCUT2D eigenvalue weighted by Gasteiger charge is 2.26. The maximum absolute atomic E-state index is 11.7. The summed E-state index contributed by atoms with van der Waals surface area (Å²) in [7, 11) is 3.22. The molecule has 0 radical (unpaired) electrons. The Hall–Kier alpha value is -1.27. The molecule has 0 atom stereocenters. The van der Waals surface area contributed by atoms with Crippen LogP contribution in [0.2, 0.25) is 0 Å². The molecule has 1 fully saturated rings. The third-order valence-electron chi connectivity index (χ3n) is 2.65. The van der Waals surface area contributed by atoms with Crippen LogP contribution < -0.4 is 4.90 Å². The van der Waals surface area contributed by atoms with Crippen LogP contribution >= 0.6 is 10.7 Å². The number of nitrogens with zero attached hydrogens (tertiary/aromatic N) is 2. The van der Waals surface area contributed by atoms with Gasteiger partial charge in [-0.15, -0.1) is 0 Å². The van der Waals surface area contributed by atoms with Crippen molar-refractivity contribution in [3.8, 4) is 0 Å². The third-order valence-corrected chi connectivity index (χ3v) is 4.02. The van der Waals surface area contributed by atoms with E-state index in [1.54, 1.807) is 29.0 Å². The lowest BCUT2D eigenvalue weighted by Crippen LogP contribution is -2.29. The first kappa shape index (κ1) is 12.2. The van der Waals surface area contributed by atoms with Crippen molar-refractivity contribution in [2.45, 2.75) is 4.90 Å². The van der Waals surface area contributed by atoms with Gasteiger partial charge in [-0.05, 0) is 24.3 Å². The maximum Gasteiger partial charge on any atom is 0.324 e. The second-order valence-electron chi connectivity index (χ2n) is 3.79. The quantitative estimate of drug-likeness (QED) is 0.768. The van der Waals surface area contributed by atoms with E-state index in [1.807, 2.05) is 0 Å². The summed E-state index contributed by atoms with van der Waals surface area (Å²) in [5.74, 6) is 0. The first-order valence-electron chi connectivity index (χ1n) is 4.97. The zero-order chi connectivity index (χ0) is 12.6. The molecule has 1 saturated heterocycles. The molecule has 1 aliphatic heterocycles. The Morgan fingerprint density at radius 2 is 1.76 bits per heavy atom. The fraction of sp³-hybridized carbons (Fsp3) is 0.300. The standard InChI is InChI=1S/C10H11ClN2O3S/c1-12-6-7-13(10(12)14)8-2-4-9(5-3-8)17(11,15)16/h2-5H,6-7H2,1H3. The summed E-state index contributed by atoms with van der Waals surface area (Å²) >= 11 is 0. The molecule has 1 heterocycles. The van der Waals surface area contributed by atoms with Gasteiger partial charge >= 0.3 is 6.03 Å². The first-order chi connectivity index (χ1) is 7.89. The number of hydrogen-bond acceptors (Lipinski definition) is 3. The molecular formula is C10H11ClN2O3S. The van der Waals surface area contributed by atoms with Crippen molar-refractivity contribution in [2.24, 2.45) is 0 Å². The van der Waals surface area contributed by atoms with Gasteiger partial charge in [0, 0.05) is 36.5 Å². The van der Waals surface area contributed by atoms with E-state index < -0.39 is 9.05 Å². The van der Waals surface area contributed by atoms with Crippen molar-refractivity contribution in [3.63, 3.8) is 0 Å². The number of hydrogen-bond donors (Lipinski definition) is 0. The molecule has 0 bridgehead atoms. The number of anilines is 1. The third kappa shape index (κ3) is 2.37. The predicted molar refractivity (Wildman–Crippen MR) is 64.9 cm³/mol. The van der Waals surface area contributed by atoms with Crippen molar-refractivity contribution in [1.82, 2.24) is 4.90 Å². The highest BCUT2D eigenvalue weighted by Crippen LogP contribution is 2.23. The predicted octanol–water partition coefficient (Wildman–Crippen LogP) is 1.49. The summed E-state index contributed by atoms with van der Waals surface area (Å²) in [5.41, 5.74) is 0.670. The molecule has 1 aromatic rings. The van der Waals surface area contributed by atoms with Gasteiger partial charge in [-0.3, -0.25) is 4.90 Å². The van der Waals surface area contributed by atoms with Gasteiger partial charge in [-0.25, -0.2) is 13.2 Å². The van der Waals surface area contributed by atoms with Crippen LogP contribution in [-0.4, -0.2) is 39.5 Å². The average Bonchev–Trinajstić information content (AvgIpc) is 2.59. The second-order valence-corrected chi connectivity index (χ2v) is 6.35. The van der Waals surface area contributed by atoms with Crippen molar-refractivity contribution in [3.05, 3.63) is 24.3 Å². The van der Waals surface area contributed by atoms with Gasteiger partial charge < -0.3 is 4.90 Å². The van der Waals surface area contributed by atoms with Gasteiger partial charge in [0.05, 0.1) is 4.90 Å². The zero-order valence-corrected chi connectivity index (χ0v) is 10.7. The molecule has 17 heavy (non-hydrogen) atoms. The van der Waals surface area contributed by atoms with Gasteiger partial charge in [0.1, 0.15) is 0 Å². The molecule has 1 aromatic carbocycles. The van der Waals surface area contributed by atoms with Crippen LogP contribution in [-0.2, 0) is 9.05 Å². The van der Waals surface area contributed by atoms with Crippen molar-refractivity contribution < 1.29 is 13.2 Å². The number of halogens is 1. The average molecular weight is 275 g/mol. The molecule has 7 heteroatoms. The number of carbonyl (C=O) groups is 1. The number of amides is 2. The van der Waals surface area contributed by atoms with Gasteiger partial charge in [-0.1, -0.05) is 0 Å². The van der Waals surface area contributed by atoms with Gasteiger partial charge in [-0.2, -0.15) is 0 Å². The maximum atomic E-state index is 11.7. The minimum Gasteiger partial charge on any atom is -0.326 e. The highest BCUT2D eigenvalue weighted by atomic mass is 35.7. The smallest absolute Gasteiger partial charge is 0.324 e. The molecule has 2 amide bonds. The van der Waals surface area contributed by atoms with Gasteiger partial charge in [0.2, 0.25) is 0 Å². The van der Waals surface area contributed by atoms with Crippen molar-refractivity contribution in [1.29, 1.82) is 0 Å². The summed E-state index contributed by atoms with van der Waals surface area (Å²) in [6.45, 7) is 1.26. The number of likely N-dealkylation sites (N-methyl/N-ethyl adjacent to an activating group) is 1. The Morgan fingerprint density at radius 1 is 1.18 bits per heavy atom. The van der Waals surface area contributed by atoms with Crippen LogP contribution in [0.15, 0.2) is 29.2 Å². The van der Waals surface area contributed by atoms with Crippen molar-refractivity contribution in [2.75, 3.05) is 25.0 Å². The fourth-order valence-electron chi connectivity index (χ4n) is 1.68. The van der Waals surface area contributed by atoms with Crippen LogP contribution in [0, 0.1) is 0 Å². The van der Waals surface area contributed by atoms with E-state index in [0.717, 1.165) is 0 Å².